The second-order valence-corrected chi connectivity index (χ2v) is 1.85. The van der Waals surface area contributed by atoms with E-state index in [4.69, 9.17) is 28.3 Å². The second kappa shape index (κ2) is 6.25. The van der Waals surface area contributed by atoms with Gasteiger partial charge in [0.2, 0.25) is 0 Å². The number of alkyl halides is 2. The Morgan fingerprint density at radius 3 is 1.67 bits per heavy atom. The van der Waals surface area contributed by atoms with Gasteiger partial charge in [0.1, 0.15) is 4.84 Å². The summed E-state index contributed by atoms with van der Waals surface area (Å²) in [6, 6.07) is 0. The zero-order chi connectivity index (χ0) is 4.28. The second-order valence-electron chi connectivity index (χ2n) is 0.574. The Balaban J connectivity index is 0. The molecule has 0 amide bonds. The molecule has 0 unspecified atom stereocenters. The van der Waals surface area contributed by atoms with Crippen LogP contribution in [0, 0.1) is 0 Å². The summed E-state index contributed by atoms with van der Waals surface area (Å²) in [4.78, 5) is -0.616. The maximum absolute atomic E-state index is 7.88. The number of hydrogen-bond donors (Lipinski definition) is 1. The third-order valence-electron chi connectivity index (χ3n) is 0.138. The number of hydrogen-bond acceptors (Lipinski definition) is 1. The number of rotatable bonds is 1. The van der Waals surface area contributed by atoms with Crippen molar-refractivity contribution in [2.45, 2.75) is 4.84 Å². The molecule has 1 N–H and O–H groups in total. The van der Waals surface area contributed by atoms with Gasteiger partial charge in [-0.25, -0.2) is 0 Å². The quantitative estimate of drug-likeness (QED) is 0.447. The third kappa shape index (κ3) is 8.98. The van der Waals surface area contributed by atoms with Gasteiger partial charge in [0.15, 0.2) is 0 Å². The molecule has 0 radical (unpaired) electrons. The molecule has 0 aliphatic heterocycles. The van der Waals surface area contributed by atoms with Gasteiger partial charge < -0.3 is 5.11 Å². The minimum absolute atomic E-state index is 0. The molecule has 0 aromatic carbocycles. The molecule has 0 aromatic heterocycles. The molecule has 0 spiro atoms. The van der Waals surface area contributed by atoms with E-state index in [1.165, 1.54) is 0 Å². The summed E-state index contributed by atoms with van der Waals surface area (Å²) in [7, 11) is 0. The third-order valence-corrected chi connectivity index (χ3v) is 0.414. The molecule has 0 bridgehead atoms. The molecule has 36 valence electrons. The van der Waals surface area contributed by atoms with Crippen molar-refractivity contribution >= 4 is 23.2 Å². The van der Waals surface area contributed by atoms with Gasteiger partial charge in [-0.3, -0.25) is 0 Å². The molecule has 0 aromatic rings. The van der Waals surface area contributed by atoms with Crippen LogP contribution in [-0.4, -0.2) is 16.5 Å². The number of halogens is 2. The van der Waals surface area contributed by atoms with Gasteiger partial charge in [-0.2, -0.15) is 0 Å². The van der Waals surface area contributed by atoms with Gasteiger partial charge in [-0.05, 0) is 0 Å². The van der Waals surface area contributed by atoms with Crippen LogP contribution < -0.4 is 0 Å². The predicted octanol–water partition coefficient (Wildman–Crippen LogP) is 0.780. The van der Waals surface area contributed by atoms with Crippen LogP contribution in [0.15, 0.2) is 0 Å². The summed E-state index contributed by atoms with van der Waals surface area (Å²) in [6.07, 6.45) is 0. The minimum atomic E-state index is -0.616. The smallest absolute Gasteiger partial charge is 0.130 e. The van der Waals surface area contributed by atoms with E-state index >= 15 is 0 Å². The molecule has 1 nitrogen and oxygen atoms in total. The minimum Gasteiger partial charge on any atom is -0.394 e. The van der Waals surface area contributed by atoms with Crippen molar-refractivity contribution in [1.82, 2.24) is 0 Å². The first kappa shape index (κ1) is 10.3. The van der Waals surface area contributed by atoms with Crippen molar-refractivity contribution in [3.05, 3.63) is 0 Å². The Morgan fingerprint density at radius 2 is 1.67 bits per heavy atom. The van der Waals surface area contributed by atoms with Gasteiger partial charge in [0, 0.05) is 21.7 Å². The fourth-order valence-electron chi connectivity index (χ4n) is 0. The van der Waals surface area contributed by atoms with E-state index in [9.17, 15) is 0 Å². The van der Waals surface area contributed by atoms with Crippen molar-refractivity contribution < 1.29 is 26.8 Å². The number of aliphatic hydroxyl groups is 1. The van der Waals surface area contributed by atoms with Crippen LogP contribution in [-0.2, 0) is 21.7 Å². The van der Waals surface area contributed by atoms with E-state index in [2.05, 4.69) is 0 Å². The molecule has 4 heteroatoms. The summed E-state index contributed by atoms with van der Waals surface area (Å²) >= 11 is 9.96. The van der Waals surface area contributed by atoms with E-state index < -0.39 is 4.84 Å². The van der Waals surface area contributed by atoms with Crippen LogP contribution in [0.25, 0.3) is 0 Å². The van der Waals surface area contributed by atoms with Crippen LogP contribution >= 0.6 is 23.2 Å². The maximum Gasteiger partial charge on any atom is 0.130 e. The largest absolute Gasteiger partial charge is 0.394 e. The maximum atomic E-state index is 7.88. The Bertz CT molecular complexity index is 25.5. The molecule has 0 saturated carbocycles. The molecular weight excluding hydrogens is 159 g/mol. The molecule has 0 fully saturated rings. The average Bonchev–Trinajstić information content (AvgIpc) is 1.38. The van der Waals surface area contributed by atoms with Gasteiger partial charge in [-0.1, -0.05) is 0 Å². The van der Waals surface area contributed by atoms with Crippen molar-refractivity contribution in [3.8, 4) is 0 Å². The topological polar surface area (TPSA) is 20.2 Å². The first-order valence-electron chi connectivity index (χ1n) is 1.16. The van der Waals surface area contributed by atoms with E-state index in [1.807, 2.05) is 0 Å². The Kier molecular flexibility index (Phi) is 10.7. The summed E-state index contributed by atoms with van der Waals surface area (Å²) < 4.78 is 0. The molecule has 0 atom stereocenters. The Morgan fingerprint density at radius 1 is 1.50 bits per heavy atom. The molecule has 0 saturated heterocycles. The SMILES string of the molecule is OCC(Cl)Cl.[Ti]. The van der Waals surface area contributed by atoms with Gasteiger partial charge >= 0.3 is 0 Å². The van der Waals surface area contributed by atoms with Crippen molar-refractivity contribution in [2.75, 3.05) is 6.61 Å². The molecule has 6 heavy (non-hydrogen) atoms. The van der Waals surface area contributed by atoms with Gasteiger partial charge in [0.25, 0.3) is 0 Å². The first-order chi connectivity index (χ1) is 2.27. The van der Waals surface area contributed by atoms with Gasteiger partial charge in [-0.15, -0.1) is 23.2 Å². The molecule has 0 aliphatic rings. The van der Waals surface area contributed by atoms with Gasteiger partial charge in [0.05, 0.1) is 6.61 Å². The summed E-state index contributed by atoms with van der Waals surface area (Å²) in [5.74, 6) is 0. The van der Waals surface area contributed by atoms with Crippen molar-refractivity contribution in [3.63, 3.8) is 0 Å². The predicted molar refractivity (Wildman–Crippen MR) is 22.6 cm³/mol. The molecular formula is C2H4Cl2OTi. The summed E-state index contributed by atoms with van der Waals surface area (Å²) in [5.41, 5.74) is 0. The van der Waals surface area contributed by atoms with E-state index in [0.29, 0.717) is 0 Å². The molecule has 0 rings (SSSR count). The average molecular weight is 163 g/mol. The first-order valence-corrected chi connectivity index (χ1v) is 2.03. The van der Waals surface area contributed by atoms with E-state index in [1.54, 1.807) is 0 Å². The Hall–Kier alpha value is 1.25. The van der Waals surface area contributed by atoms with E-state index in [-0.39, 0.29) is 28.3 Å². The summed E-state index contributed by atoms with van der Waals surface area (Å²) in [6.45, 7) is -0.164. The zero-order valence-corrected chi connectivity index (χ0v) is 6.06. The fourth-order valence-corrected chi connectivity index (χ4v) is 0. The van der Waals surface area contributed by atoms with Crippen LogP contribution in [0.2, 0.25) is 0 Å². The van der Waals surface area contributed by atoms with Crippen molar-refractivity contribution in [1.29, 1.82) is 0 Å². The van der Waals surface area contributed by atoms with E-state index in [0.717, 1.165) is 0 Å². The standard InChI is InChI=1S/C2H4Cl2O.Ti/c3-2(4)1-5;/h2,5H,1H2;. The number of aliphatic hydroxyl groups excluding tert-OH is 1. The molecule has 0 heterocycles. The zero-order valence-electron chi connectivity index (χ0n) is 2.99. The van der Waals surface area contributed by atoms with Crippen molar-refractivity contribution in [2.24, 2.45) is 0 Å². The monoisotopic (exact) mass is 162 g/mol. The van der Waals surface area contributed by atoms with Crippen LogP contribution in [0.4, 0.5) is 0 Å². The fraction of sp³-hybridized carbons (Fsp3) is 1.00. The normalized spacial score (nSPS) is 8.00. The molecule has 0 aliphatic carbocycles. The van der Waals surface area contributed by atoms with Crippen LogP contribution in [0.1, 0.15) is 0 Å². The van der Waals surface area contributed by atoms with Crippen LogP contribution in [0.3, 0.4) is 0 Å². The summed E-state index contributed by atoms with van der Waals surface area (Å²) in [5, 5.41) is 7.88. The Labute approximate surface area is 61.5 Å². The van der Waals surface area contributed by atoms with Crippen LogP contribution in [0.5, 0.6) is 0 Å².